The van der Waals surface area contributed by atoms with E-state index in [9.17, 15) is 13.6 Å². The molecule has 0 aliphatic carbocycles. The molecule has 2 aromatic carbocycles. The van der Waals surface area contributed by atoms with Gasteiger partial charge in [0.05, 0.1) is 18.4 Å². The molecular formula is C18H14BrF2N3O2. The molecule has 3 N–H and O–H groups in total. The Labute approximate surface area is 156 Å². The first-order valence-corrected chi connectivity index (χ1v) is 8.35. The number of carbonyl (C=O) groups excluding carboxylic acids is 1. The molecule has 0 radical (unpaired) electrons. The minimum Gasteiger partial charge on any atom is -0.497 e. The van der Waals surface area contributed by atoms with E-state index in [-0.39, 0.29) is 28.0 Å². The number of primary amides is 1. The van der Waals surface area contributed by atoms with Crippen LogP contribution in [0.2, 0.25) is 0 Å². The minimum absolute atomic E-state index is 0.0578. The van der Waals surface area contributed by atoms with Crippen LogP contribution in [-0.2, 0) is 6.42 Å². The number of nitrogens with zero attached hydrogens (tertiary/aromatic N) is 1. The van der Waals surface area contributed by atoms with Gasteiger partial charge in [-0.25, -0.2) is 13.8 Å². The fraction of sp³-hybridized carbons (Fsp3) is 0.111. The number of ether oxygens (including phenoxy) is 1. The van der Waals surface area contributed by atoms with Crippen LogP contribution in [0.5, 0.6) is 5.75 Å². The first-order chi connectivity index (χ1) is 12.4. The van der Waals surface area contributed by atoms with Gasteiger partial charge >= 0.3 is 0 Å². The predicted octanol–water partition coefficient (Wildman–Crippen LogP) is 3.82. The second kappa shape index (κ2) is 7.25. The van der Waals surface area contributed by atoms with Gasteiger partial charge in [-0.2, -0.15) is 0 Å². The third-order valence-electron chi connectivity index (χ3n) is 3.80. The van der Waals surface area contributed by atoms with Crippen molar-refractivity contribution in [3.63, 3.8) is 0 Å². The summed E-state index contributed by atoms with van der Waals surface area (Å²) >= 11 is 3.02. The van der Waals surface area contributed by atoms with Crippen LogP contribution in [0.15, 0.2) is 40.9 Å². The molecular weight excluding hydrogens is 408 g/mol. The molecule has 0 saturated heterocycles. The number of aromatic nitrogens is 2. The SMILES string of the molecule is COc1ccc(Cc2[nH]c(-c3c(F)cc(Br)cc3F)nc2C(N)=O)cc1. The summed E-state index contributed by atoms with van der Waals surface area (Å²) in [5, 5.41) is 0. The van der Waals surface area contributed by atoms with E-state index in [0.29, 0.717) is 11.4 Å². The number of nitrogens with two attached hydrogens (primary N) is 1. The predicted molar refractivity (Wildman–Crippen MR) is 96.0 cm³/mol. The van der Waals surface area contributed by atoms with Gasteiger partial charge in [0.1, 0.15) is 28.9 Å². The van der Waals surface area contributed by atoms with Gasteiger partial charge in [-0.3, -0.25) is 4.79 Å². The smallest absolute Gasteiger partial charge is 0.269 e. The van der Waals surface area contributed by atoms with Crippen molar-refractivity contribution < 1.29 is 18.3 Å². The monoisotopic (exact) mass is 421 g/mol. The lowest BCUT2D eigenvalue weighted by Gasteiger charge is -2.04. The summed E-state index contributed by atoms with van der Waals surface area (Å²) in [5.41, 5.74) is 6.18. The standard InChI is InChI=1S/C18H14BrF2N3O2/c1-26-11-4-2-9(3-5-11)6-14-16(17(22)25)24-18(23-14)15-12(20)7-10(19)8-13(15)21/h2-5,7-8H,6H2,1H3,(H2,22,25)(H,23,24). The number of H-pyrrole nitrogens is 1. The van der Waals surface area contributed by atoms with Crippen LogP contribution in [0, 0.1) is 11.6 Å². The van der Waals surface area contributed by atoms with Crippen molar-refractivity contribution in [2.24, 2.45) is 5.73 Å². The Hall–Kier alpha value is -2.74. The number of halogens is 3. The number of methoxy groups -OCH3 is 1. The van der Waals surface area contributed by atoms with Crippen molar-refractivity contribution in [1.82, 2.24) is 9.97 Å². The van der Waals surface area contributed by atoms with Crippen LogP contribution in [0.4, 0.5) is 8.78 Å². The first-order valence-electron chi connectivity index (χ1n) is 7.55. The van der Waals surface area contributed by atoms with E-state index in [1.54, 1.807) is 19.2 Å². The summed E-state index contributed by atoms with van der Waals surface area (Å²) in [6, 6.07) is 9.40. The highest BCUT2D eigenvalue weighted by atomic mass is 79.9. The van der Waals surface area contributed by atoms with E-state index in [1.165, 1.54) is 0 Å². The molecule has 1 aromatic heterocycles. The third-order valence-corrected chi connectivity index (χ3v) is 4.25. The zero-order chi connectivity index (χ0) is 18.8. The average molecular weight is 422 g/mol. The van der Waals surface area contributed by atoms with E-state index in [2.05, 4.69) is 25.9 Å². The molecule has 3 rings (SSSR count). The molecule has 26 heavy (non-hydrogen) atoms. The Morgan fingerprint density at radius 1 is 1.23 bits per heavy atom. The molecule has 0 bridgehead atoms. The number of hydrogen-bond donors (Lipinski definition) is 2. The summed E-state index contributed by atoms with van der Waals surface area (Å²) in [4.78, 5) is 18.5. The highest BCUT2D eigenvalue weighted by molar-refractivity contribution is 9.10. The van der Waals surface area contributed by atoms with Crippen molar-refractivity contribution in [3.05, 3.63) is 69.5 Å². The molecule has 0 aliphatic rings. The summed E-state index contributed by atoms with van der Waals surface area (Å²) in [5.74, 6) is -1.80. The van der Waals surface area contributed by atoms with Gasteiger partial charge in [-0.1, -0.05) is 28.1 Å². The van der Waals surface area contributed by atoms with E-state index >= 15 is 0 Å². The number of rotatable bonds is 5. The van der Waals surface area contributed by atoms with E-state index in [0.717, 1.165) is 17.7 Å². The highest BCUT2D eigenvalue weighted by Gasteiger charge is 2.21. The number of aromatic amines is 1. The van der Waals surface area contributed by atoms with Crippen LogP contribution in [0.1, 0.15) is 21.7 Å². The maximum atomic E-state index is 14.2. The maximum Gasteiger partial charge on any atom is 0.269 e. The second-order valence-electron chi connectivity index (χ2n) is 5.55. The van der Waals surface area contributed by atoms with Gasteiger partial charge in [0, 0.05) is 10.9 Å². The zero-order valence-electron chi connectivity index (χ0n) is 13.6. The number of imidazole rings is 1. The molecule has 3 aromatic rings. The Morgan fingerprint density at radius 3 is 2.38 bits per heavy atom. The first kappa shape index (κ1) is 18.1. The Kier molecular flexibility index (Phi) is 5.03. The van der Waals surface area contributed by atoms with Crippen LogP contribution in [0.25, 0.3) is 11.4 Å². The van der Waals surface area contributed by atoms with Gasteiger partial charge in [0.15, 0.2) is 0 Å². The molecule has 0 spiro atoms. The number of nitrogens with one attached hydrogen (secondary N) is 1. The Balaban J connectivity index is 2.03. The van der Waals surface area contributed by atoms with Crippen LogP contribution in [0.3, 0.4) is 0 Å². The highest BCUT2D eigenvalue weighted by Crippen LogP contribution is 2.28. The zero-order valence-corrected chi connectivity index (χ0v) is 15.2. The van der Waals surface area contributed by atoms with Crippen molar-refractivity contribution in [3.8, 4) is 17.1 Å². The second-order valence-corrected chi connectivity index (χ2v) is 6.46. The lowest BCUT2D eigenvalue weighted by molar-refractivity contribution is 0.0995. The molecule has 0 atom stereocenters. The minimum atomic E-state index is -0.808. The summed E-state index contributed by atoms with van der Waals surface area (Å²) < 4.78 is 33.7. The van der Waals surface area contributed by atoms with Crippen LogP contribution < -0.4 is 10.5 Å². The van der Waals surface area contributed by atoms with Crippen LogP contribution in [-0.4, -0.2) is 23.0 Å². The Bertz CT molecular complexity index is 948. The molecule has 0 aliphatic heterocycles. The molecule has 1 amide bonds. The normalized spacial score (nSPS) is 10.8. The molecule has 0 saturated carbocycles. The fourth-order valence-electron chi connectivity index (χ4n) is 2.58. The molecule has 1 heterocycles. The van der Waals surface area contributed by atoms with Crippen LogP contribution >= 0.6 is 15.9 Å². The van der Waals surface area contributed by atoms with Crippen molar-refractivity contribution in [2.45, 2.75) is 6.42 Å². The van der Waals surface area contributed by atoms with E-state index in [4.69, 9.17) is 10.5 Å². The van der Waals surface area contributed by atoms with E-state index < -0.39 is 17.5 Å². The van der Waals surface area contributed by atoms with Gasteiger partial charge in [-0.15, -0.1) is 0 Å². The largest absolute Gasteiger partial charge is 0.497 e. The van der Waals surface area contributed by atoms with Crippen molar-refractivity contribution in [1.29, 1.82) is 0 Å². The molecule has 0 unspecified atom stereocenters. The number of amides is 1. The molecule has 0 fully saturated rings. The molecule has 8 heteroatoms. The fourth-order valence-corrected chi connectivity index (χ4v) is 2.98. The van der Waals surface area contributed by atoms with Gasteiger partial charge < -0.3 is 15.5 Å². The lowest BCUT2D eigenvalue weighted by atomic mass is 10.1. The van der Waals surface area contributed by atoms with Gasteiger partial charge in [0.25, 0.3) is 5.91 Å². The van der Waals surface area contributed by atoms with Crippen molar-refractivity contribution >= 4 is 21.8 Å². The van der Waals surface area contributed by atoms with E-state index in [1.807, 2.05) is 12.1 Å². The lowest BCUT2D eigenvalue weighted by Crippen LogP contribution is -2.14. The number of hydrogen-bond acceptors (Lipinski definition) is 3. The average Bonchev–Trinajstić information content (AvgIpc) is 2.98. The van der Waals surface area contributed by atoms with Crippen molar-refractivity contribution in [2.75, 3.05) is 7.11 Å². The quantitative estimate of drug-likeness (QED) is 0.656. The molecule has 134 valence electrons. The summed E-state index contributed by atoms with van der Waals surface area (Å²) in [7, 11) is 1.56. The number of carbonyl (C=O) groups is 1. The Morgan fingerprint density at radius 2 is 1.85 bits per heavy atom. The summed E-state index contributed by atoms with van der Waals surface area (Å²) in [6.45, 7) is 0. The molecule has 5 nitrogen and oxygen atoms in total. The summed E-state index contributed by atoms with van der Waals surface area (Å²) in [6.07, 6.45) is 0.287. The maximum absolute atomic E-state index is 14.2. The topological polar surface area (TPSA) is 81.0 Å². The van der Waals surface area contributed by atoms with Gasteiger partial charge in [-0.05, 0) is 29.8 Å². The van der Waals surface area contributed by atoms with Gasteiger partial charge in [0.2, 0.25) is 0 Å². The third kappa shape index (κ3) is 3.60. The number of benzene rings is 2.